The first kappa shape index (κ1) is 13.6. The summed E-state index contributed by atoms with van der Waals surface area (Å²) in [7, 11) is 0. The molecule has 6 heteroatoms. The van der Waals surface area contributed by atoms with Crippen LogP contribution in [0.25, 0.3) is 5.69 Å². The third-order valence-corrected chi connectivity index (χ3v) is 3.35. The number of rotatable bonds is 6. The molecule has 2 rings (SSSR count). The lowest BCUT2D eigenvalue weighted by molar-refractivity contribution is -0.107. The number of aryl methyl sites for hydroxylation is 1. The lowest BCUT2D eigenvalue weighted by atomic mass is 10.3. The zero-order chi connectivity index (χ0) is 13.7. The normalized spacial score (nSPS) is 10.6. The van der Waals surface area contributed by atoms with E-state index in [4.69, 9.17) is 4.42 Å². The summed E-state index contributed by atoms with van der Waals surface area (Å²) in [6, 6.07) is 7.53. The van der Waals surface area contributed by atoms with E-state index in [9.17, 15) is 9.59 Å². The highest BCUT2D eigenvalue weighted by Crippen LogP contribution is 2.18. The summed E-state index contributed by atoms with van der Waals surface area (Å²) in [6.45, 7) is 2.08. The van der Waals surface area contributed by atoms with E-state index in [-0.39, 0.29) is 5.89 Å². The van der Waals surface area contributed by atoms with E-state index in [1.807, 2.05) is 24.3 Å². The number of thioether (sulfide) groups is 1. The highest BCUT2D eigenvalue weighted by Gasteiger charge is 2.09. The second-order valence-corrected chi connectivity index (χ2v) is 5.14. The van der Waals surface area contributed by atoms with E-state index in [0.29, 0.717) is 18.5 Å². The Morgan fingerprint density at radius 2 is 2.11 bits per heavy atom. The van der Waals surface area contributed by atoms with E-state index in [1.54, 1.807) is 11.8 Å². The second kappa shape index (κ2) is 6.38. The summed E-state index contributed by atoms with van der Waals surface area (Å²) < 4.78 is 6.19. The molecule has 0 bridgehead atoms. The Bertz CT molecular complexity index is 601. The maximum atomic E-state index is 11.7. The number of nitrogens with zero attached hydrogens (tertiary/aromatic N) is 2. The zero-order valence-corrected chi connectivity index (χ0v) is 11.4. The van der Waals surface area contributed by atoms with Gasteiger partial charge in [-0.25, -0.2) is 4.79 Å². The van der Waals surface area contributed by atoms with Gasteiger partial charge in [-0.05, 0) is 30.0 Å². The van der Waals surface area contributed by atoms with Gasteiger partial charge in [0.1, 0.15) is 6.29 Å². The Labute approximate surface area is 114 Å². The van der Waals surface area contributed by atoms with Crippen molar-refractivity contribution in [2.75, 3.05) is 5.75 Å². The van der Waals surface area contributed by atoms with Gasteiger partial charge in [-0.3, -0.25) is 0 Å². The van der Waals surface area contributed by atoms with Crippen LogP contribution in [-0.4, -0.2) is 21.8 Å². The maximum Gasteiger partial charge on any atom is 0.441 e. The van der Waals surface area contributed by atoms with Gasteiger partial charge < -0.3 is 9.21 Å². The van der Waals surface area contributed by atoms with E-state index in [0.717, 1.165) is 16.9 Å². The zero-order valence-electron chi connectivity index (χ0n) is 10.5. The lowest BCUT2D eigenvalue weighted by Crippen LogP contribution is -2.13. The highest BCUT2D eigenvalue weighted by atomic mass is 32.2. The monoisotopic (exact) mass is 278 g/mol. The number of aromatic nitrogens is 2. The largest absolute Gasteiger partial charge is 0.441 e. The van der Waals surface area contributed by atoms with Crippen LogP contribution in [-0.2, 0) is 11.2 Å². The Hall–Kier alpha value is -1.82. The van der Waals surface area contributed by atoms with Crippen molar-refractivity contribution >= 4 is 18.0 Å². The van der Waals surface area contributed by atoms with Gasteiger partial charge in [-0.2, -0.15) is 4.68 Å². The highest BCUT2D eigenvalue weighted by molar-refractivity contribution is 7.99. The molecule has 19 heavy (non-hydrogen) atoms. The summed E-state index contributed by atoms with van der Waals surface area (Å²) in [5, 5.41) is 4.07. The van der Waals surface area contributed by atoms with Crippen LogP contribution in [0.5, 0.6) is 0 Å². The molecule has 0 amide bonds. The summed E-state index contributed by atoms with van der Waals surface area (Å²) in [4.78, 5) is 23.1. The van der Waals surface area contributed by atoms with E-state index in [2.05, 4.69) is 12.0 Å². The minimum Gasteiger partial charge on any atom is -0.392 e. The molecule has 0 unspecified atom stereocenters. The van der Waals surface area contributed by atoms with Gasteiger partial charge in [0.2, 0.25) is 5.89 Å². The molecular formula is C13H14N2O3S. The molecule has 5 nitrogen and oxygen atoms in total. The fourth-order valence-corrected chi connectivity index (χ4v) is 2.28. The molecule has 0 aliphatic carbocycles. The van der Waals surface area contributed by atoms with Gasteiger partial charge in [-0.15, -0.1) is 16.9 Å². The second-order valence-electron chi connectivity index (χ2n) is 3.81. The van der Waals surface area contributed by atoms with Crippen molar-refractivity contribution in [3.63, 3.8) is 0 Å². The predicted molar refractivity (Wildman–Crippen MR) is 72.9 cm³/mol. The van der Waals surface area contributed by atoms with Gasteiger partial charge in [0.25, 0.3) is 0 Å². The first-order chi connectivity index (χ1) is 9.24. The molecular weight excluding hydrogens is 264 g/mol. The number of carbonyl (C=O) groups excluding carboxylic acids is 1. The number of hydrogen-bond acceptors (Lipinski definition) is 5. The third-order valence-electron chi connectivity index (χ3n) is 2.46. The topological polar surface area (TPSA) is 65.1 Å². The van der Waals surface area contributed by atoms with Crippen molar-refractivity contribution in [3.05, 3.63) is 40.7 Å². The fourth-order valence-electron chi connectivity index (χ4n) is 1.61. The van der Waals surface area contributed by atoms with Crippen LogP contribution < -0.4 is 5.76 Å². The van der Waals surface area contributed by atoms with Gasteiger partial charge >= 0.3 is 5.76 Å². The van der Waals surface area contributed by atoms with Crippen molar-refractivity contribution in [2.24, 2.45) is 0 Å². The molecule has 0 aliphatic heterocycles. The molecule has 0 spiro atoms. The molecule has 100 valence electrons. The van der Waals surface area contributed by atoms with Crippen LogP contribution >= 0.6 is 11.8 Å². The van der Waals surface area contributed by atoms with Crippen LogP contribution in [0, 0.1) is 0 Å². The van der Waals surface area contributed by atoms with Crippen molar-refractivity contribution in [3.8, 4) is 5.69 Å². The van der Waals surface area contributed by atoms with Crippen LogP contribution in [0.3, 0.4) is 0 Å². The Kier molecular flexibility index (Phi) is 4.57. The van der Waals surface area contributed by atoms with Gasteiger partial charge in [-0.1, -0.05) is 6.92 Å². The van der Waals surface area contributed by atoms with Crippen LogP contribution in [0.4, 0.5) is 0 Å². The van der Waals surface area contributed by atoms with Crippen molar-refractivity contribution in [1.82, 2.24) is 9.78 Å². The van der Waals surface area contributed by atoms with Crippen LogP contribution in [0.2, 0.25) is 0 Å². The molecule has 0 aliphatic rings. The molecule has 0 atom stereocenters. The van der Waals surface area contributed by atoms with E-state index < -0.39 is 5.76 Å². The van der Waals surface area contributed by atoms with E-state index in [1.165, 1.54) is 4.68 Å². The minimum atomic E-state index is -0.531. The molecule has 0 radical (unpaired) electrons. The first-order valence-corrected chi connectivity index (χ1v) is 6.99. The van der Waals surface area contributed by atoms with Gasteiger partial charge in [0.05, 0.1) is 5.69 Å². The summed E-state index contributed by atoms with van der Waals surface area (Å²) >= 11 is 1.73. The van der Waals surface area contributed by atoms with Crippen LogP contribution in [0.1, 0.15) is 19.2 Å². The predicted octanol–water partition coefficient (Wildman–Crippen LogP) is 2.07. The molecule has 0 saturated carbocycles. The SMILES string of the molecule is CCSc1ccc(-n2nc(CCC=O)oc2=O)cc1. The quantitative estimate of drug-likeness (QED) is 0.598. The molecule has 2 aromatic rings. The van der Waals surface area contributed by atoms with Crippen molar-refractivity contribution in [2.45, 2.75) is 24.7 Å². The van der Waals surface area contributed by atoms with Crippen molar-refractivity contribution in [1.29, 1.82) is 0 Å². The Morgan fingerprint density at radius 3 is 2.74 bits per heavy atom. The molecule has 1 heterocycles. The molecule has 0 N–H and O–H groups in total. The average molecular weight is 278 g/mol. The van der Waals surface area contributed by atoms with Crippen molar-refractivity contribution < 1.29 is 9.21 Å². The maximum absolute atomic E-state index is 11.7. The smallest absolute Gasteiger partial charge is 0.392 e. The molecule has 0 fully saturated rings. The fraction of sp³-hybridized carbons (Fsp3) is 0.308. The first-order valence-electron chi connectivity index (χ1n) is 6.00. The number of hydrogen-bond donors (Lipinski definition) is 0. The van der Waals surface area contributed by atoms with Gasteiger partial charge in [0, 0.05) is 17.7 Å². The Balaban J connectivity index is 2.23. The van der Waals surface area contributed by atoms with E-state index >= 15 is 0 Å². The Morgan fingerprint density at radius 1 is 1.37 bits per heavy atom. The molecule has 1 aromatic carbocycles. The summed E-state index contributed by atoms with van der Waals surface area (Å²) in [5.74, 6) is 0.750. The third kappa shape index (κ3) is 3.35. The van der Waals surface area contributed by atoms with Crippen LogP contribution in [0.15, 0.2) is 38.4 Å². The minimum absolute atomic E-state index is 0.282. The lowest BCUT2D eigenvalue weighted by Gasteiger charge is -2.00. The molecule has 0 saturated heterocycles. The average Bonchev–Trinajstić information content (AvgIpc) is 2.79. The number of carbonyl (C=O) groups is 1. The standard InChI is InChI=1S/C13H14N2O3S/c1-2-19-11-7-5-10(6-8-11)15-13(17)18-12(14-15)4-3-9-16/h5-9H,2-4H2,1H3. The number of benzene rings is 1. The van der Waals surface area contributed by atoms with Gasteiger partial charge in [0.15, 0.2) is 0 Å². The summed E-state index contributed by atoms with van der Waals surface area (Å²) in [6.07, 6.45) is 1.41. The molecule has 1 aromatic heterocycles. The number of aldehydes is 1. The summed E-state index contributed by atoms with van der Waals surface area (Å²) in [5.41, 5.74) is 0.659.